The van der Waals surface area contributed by atoms with Crippen LogP contribution in [0.4, 0.5) is 0 Å². The molecule has 1 aromatic carbocycles. The standard InChI is InChI=1S/C15H20Cl2N2/c16-14-4-1-11(9-15(14)17)10-18-12-5-7-19(8-6-12)13-2-3-13/h1,4,9,12-13,18H,2-3,5-8,10H2. The molecule has 0 amide bonds. The highest BCUT2D eigenvalue weighted by Gasteiger charge is 2.31. The monoisotopic (exact) mass is 298 g/mol. The van der Waals surface area contributed by atoms with Crippen LogP contribution in [0.3, 0.4) is 0 Å². The van der Waals surface area contributed by atoms with Crippen molar-refractivity contribution in [2.75, 3.05) is 13.1 Å². The van der Waals surface area contributed by atoms with Crippen molar-refractivity contribution in [2.45, 2.75) is 44.3 Å². The highest BCUT2D eigenvalue weighted by molar-refractivity contribution is 6.42. The zero-order valence-electron chi connectivity index (χ0n) is 11.0. The van der Waals surface area contributed by atoms with Crippen LogP contribution in [0.25, 0.3) is 0 Å². The molecule has 1 aliphatic carbocycles. The molecule has 104 valence electrons. The molecule has 0 atom stereocenters. The molecule has 2 fully saturated rings. The summed E-state index contributed by atoms with van der Waals surface area (Å²) < 4.78 is 0. The number of halogens is 2. The van der Waals surface area contributed by atoms with Crippen LogP contribution in [0.5, 0.6) is 0 Å². The van der Waals surface area contributed by atoms with Gasteiger partial charge in [0.2, 0.25) is 0 Å². The summed E-state index contributed by atoms with van der Waals surface area (Å²) in [7, 11) is 0. The molecule has 0 radical (unpaired) electrons. The molecule has 1 N–H and O–H groups in total. The lowest BCUT2D eigenvalue weighted by Gasteiger charge is -2.32. The smallest absolute Gasteiger partial charge is 0.0595 e. The van der Waals surface area contributed by atoms with E-state index in [0.29, 0.717) is 16.1 Å². The molecule has 1 aliphatic heterocycles. The highest BCUT2D eigenvalue weighted by atomic mass is 35.5. The zero-order chi connectivity index (χ0) is 13.2. The average Bonchev–Trinajstić information content (AvgIpc) is 3.25. The number of likely N-dealkylation sites (tertiary alicyclic amines) is 1. The first-order chi connectivity index (χ1) is 9.22. The van der Waals surface area contributed by atoms with E-state index in [2.05, 4.69) is 10.2 Å². The van der Waals surface area contributed by atoms with Gasteiger partial charge in [-0.1, -0.05) is 29.3 Å². The number of benzene rings is 1. The Hall–Kier alpha value is -0.280. The summed E-state index contributed by atoms with van der Waals surface area (Å²) in [5.41, 5.74) is 1.21. The van der Waals surface area contributed by atoms with E-state index in [0.717, 1.165) is 12.6 Å². The van der Waals surface area contributed by atoms with Crippen molar-refractivity contribution in [3.63, 3.8) is 0 Å². The van der Waals surface area contributed by atoms with Crippen molar-refractivity contribution in [3.05, 3.63) is 33.8 Å². The summed E-state index contributed by atoms with van der Waals surface area (Å²) in [6.45, 7) is 3.39. The maximum absolute atomic E-state index is 6.03. The quantitative estimate of drug-likeness (QED) is 0.911. The third kappa shape index (κ3) is 3.63. The second kappa shape index (κ2) is 6.01. The Bertz CT molecular complexity index is 438. The molecular formula is C15H20Cl2N2. The number of nitrogens with one attached hydrogen (secondary N) is 1. The van der Waals surface area contributed by atoms with E-state index in [1.165, 1.54) is 44.3 Å². The van der Waals surface area contributed by atoms with Crippen LogP contribution in [0.1, 0.15) is 31.2 Å². The van der Waals surface area contributed by atoms with Gasteiger partial charge >= 0.3 is 0 Å². The molecule has 1 saturated heterocycles. The van der Waals surface area contributed by atoms with Gasteiger partial charge in [-0.05, 0) is 56.5 Å². The summed E-state index contributed by atoms with van der Waals surface area (Å²) >= 11 is 12.0. The minimum Gasteiger partial charge on any atom is -0.310 e. The summed E-state index contributed by atoms with van der Waals surface area (Å²) in [5.74, 6) is 0. The SMILES string of the molecule is Clc1ccc(CNC2CCN(C3CC3)CC2)cc1Cl. The first-order valence-electron chi connectivity index (χ1n) is 7.14. The first-order valence-corrected chi connectivity index (χ1v) is 7.89. The molecule has 2 nitrogen and oxygen atoms in total. The van der Waals surface area contributed by atoms with Crippen LogP contribution >= 0.6 is 23.2 Å². The average molecular weight is 299 g/mol. The van der Waals surface area contributed by atoms with E-state index in [-0.39, 0.29) is 0 Å². The Morgan fingerprint density at radius 1 is 1.05 bits per heavy atom. The summed E-state index contributed by atoms with van der Waals surface area (Å²) in [6.07, 6.45) is 5.36. The predicted molar refractivity (Wildman–Crippen MR) is 80.9 cm³/mol. The predicted octanol–water partition coefficient (Wildman–Crippen LogP) is 3.71. The van der Waals surface area contributed by atoms with Gasteiger partial charge in [-0.25, -0.2) is 0 Å². The van der Waals surface area contributed by atoms with Gasteiger partial charge in [0.15, 0.2) is 0 Å². The third-order valence-corrected chi connectivity index (χ3v) is 4.91. The van der Waals surface area contributed by atoms with Gasteiger partial charge < -0.3 is 10.2 Å². The number of nitrogens with zero attached hydrogens (tertiary/aromatic N) is 1. The molecule has 1 saturated carbocycles. The van der Waals surface area contributed by atoms with Crippen LogP contribution in [0.15, 0.2) is 18.2 Å². The first kappa shape index (κ1) is 13.7. The van der Waals surface area contributed by atoms with E-state index >= 15 is 0 Å². The van der Waals surface area contributed by atoms with Gasteiger partial charge in [0.25, 0.3) is 0 Å². The fraction of sp³-hybridized carbons (Fsp3) is 0.600. The Morgan fingerprint density at radius 3 is 2.42 bits per heavy atom. The molecule has 0 aromatic heterocycles. The maximum Gasteiger partial charge on any atom is 0.0595 e. The second-order valence-corrected chi connectivity index (χ2v) is 6.49. The van der Waals surface area contributed by atoms with Crippen LogP contribution in [-0.4, -0.2) is 30.1 Å². The molecule has 3 rings (SSSR count). The van der Waals surface area contributed by atoms with Gasteiger partial charge in [-0.15, -0.1) is 0 Å². The van der Waals surface area contributed by atoms with Gasteiger partial charge in [0.05, 0.1) is 10.0 Å². The summed E-state index contributed by atoms with van der Waals surface area (Å²) in [6, 6.07) is 7.42. The number of hydrogen-bond donors (Lipinski definition) is 1. The van der Waals surface area contributed by atoms with Crippen molar-refractivity contribution in [1.82, 2.24) is 10.2 Å². The summed E-state index contributed by atoms with van der Waals surface area (Å²) in [5, 5.41) is 4.91. The number of rotatable bonds is 4. The lowest BCUT2D eigenvalue weighted by Crippen LogP contribution is -2.43. The minimum atomic E-state index is 0.628. The molecule has 0 spiro atoms. The summed E-state index contributed by atoms with van der Waals surface area (Å²) in [4.78, 5) is 2.65. The molecule has 19 heavy (non-hydrogen) atoms. The van der Waals surface area contributed by atoms with E-state index in [4.69, 9.17) is 23.2 Å². The minimum absolute atomic E-state index is 0.628. The van der Waals surface area contributed by atoms with Crippen LogP contribution < -0.4 is 5.32 Å². The Morgan fingerprint density at radius 2 is 1.79 bits per heavy atom. The van der Waals surface area contributed by atoms with E-state index in [1.54, 1.807) is 0 Å². The zero-order valence-corrected chi connectivity index (χ0v) is 12.6. The van der Waals surface area contributed by atoms with Crippen molar-refractivity contribution < 1.29 is 0 Å². The topological polar surface area (TPSA) is 15.3 Å². The molecule has 0 bridgehead atoms. The largest absolute Gasteiger partial charge is 0.310 e. The van der Waals surface area contributed by atoms with E-state index in [9.17, 15) is 0 Å². The lowest BCUT2D eigenvalue weighted by atomic mass is 10.0. The second-order valence-electron chi connectivity index (χ2n) is 5.67. The molecule has 4 heteroatoms. The van der Waals surface area contributed by atoms with Gasteiger partial charge in [0, 0.05) is 18.6 Å². The third-order valence-electron chi connectivity index (χ3n) is 4.17. The van der Waals surface area contributed by atoms with Crippen LogP contribution in [0, 0.1) is 0 Å². The van der Waals surface area contributed by atoms with Crippen molar-refractivity contribution >= 4 is 23.2 Å². The molecular weight excluding hydrogens is 279 g/mol. The van der Waals surface area contributed by atoms with Gasteiger partial charge in [-0.3, -0.25) is 0 Å². The Kier molecular flexibility index (Phi) is 4.33. The Labute approximate surface area is 125 Å². The van der Waals surface area contributed by atoms with Gasteiger partial charge in [0.1, 0.15) is 0 Å². The maximum atomic E-state index is 6.03. The van der Waals surface area contributed by atoms with E-state index < -0.39 is 0 Å². The van der Waals surface area contributed by atoms with E-state index in [1.807, 2.05) is 18.2 Å². The molecule has 0 unspecified atom stereocenters. The molecule has 2 aliphatic rings. The normalized spacial score (nSPS) is 21.8. The van der Waals surface area contributed by atoms with Crippen molar-refractivity contribution in [3.8, 4) is 0 Å². The number of hydrogen-bond acceptors (Lipinski definition) is 2. The van der Waals surface area contributed by atoms with Crippen molar-refractivity contribution in [1.29, 1.82) is 0 Å². The van der Waals surface area contributed by atoms with Crippen molar-refractivity contribution in [2.24, 2.45) is 0 Å². The fourth-order valence-corrected chi connectivity index (χ4v) is 3.14. The van der Waals surface area contributed by atoms with Gasteiger partial charge in [-0.2, -0.15) is 0 Å². The Balaban J connectivity index is 1.45. The number of piperidine rings is 1. The molecule has 1 heterocycles. The fourth-order valence-electron chi connectivity index (χ4n) is 2.82. The lowest BCUT2D eigenvalue weighted by molar-refractivity contribution is 0.189. The highest BCUT2D eigenvalue weighted by Crippen LogP contribution is 2.29. The van der Waals surface area contributed by atoms with Crippen LogP contribution in [-0.2, 0) is 6.54 Å². The molecule has 1 aromatic rings. The van der Waals surface area contributed by atoms with Crippen LogP contribution in [0.2, 0.25) is 10.0 Å².